The van der Waals surface area contributed by atoms with Gasteiger partial charge in [-0.15, -0.1) is 11.3 Å². The Kier molecular flexibility index (Phi) is 5.67. The van der Waals surface area contributed by atoms with Crippen LogP contribution in [0.3, 0.4) is 0 Å². The number of hydrogen-bond donors (Lipinski definition) is 0. The maximum absolute atomic E-state index is 13.7. The molecule has 4 rings (SSSR count). The number of rotatable bonds is 6. The Bertz CT molecular complexity index is 939. The zero-order valence-corrected chi connectivity index (χ0v) is 18.8. The fraction of sp³-hybridized carbons (Fsp3) is 0.619. The first kappa shape index (κ1) is 21.0. The SMILES string of the molecule is COCC(=O)N1C[C@H](c2cn(C(C)C)cn2)[C@@]2(CCN(Cc3csc(C)n3)C2=O)C1. The van der Waals surface area contributed by atoms with Crippen molar-refractivity contribution in [1.29, 1.82) is 0 Å². The van der Waals surface area contributed by atoms with Gasteiger partial charge in [0.2, 0.25) is 11.8 Å². The molecule has 4 heterocycles. The average molecular weight is 432 g/mol. The fourth-order valence-corrected chi connectivity index (χ4v) is 5.27. The molecule has 0 aliphatic carbocycles. The highest BCUT2D eigenvalue weighted by atomic mass is 32.1. The van der Waals surface area contributed by atoms with Gasteiger partial charge >= 0.3 is 0 Å². The molecule has 2 fully saturated rings. The van der Waals surface area contributed by atoms with Gasteiger partial charge in [0.05, 0.1) is 34.7 Å². The van der Waals surface area contributed by atoms with Crippen molar-refractivity contribution in [2.75, 3.05) is 33.4 Å². The molecule has 1 spiro atoms. The number of aryl methyl sites for hydroxylation is 1. The number of hydrogen-bond acceptors (Lipinski definition) is 6. The van der Waals surface area contributed by atoms with Crippen LogP contribution in [-0.4, -0.2) is 69.5 Å². The van der Waals surface area contributed by atoms with Crippen LogP contribution in [0.15, 0.2) is 17.9 Å². The lowest BCUT2D eigenvalue weighted by Crippen LogP contribution is -2.40. The Morgan fingerprint density at radius 2 is 2.23 bits per heavy atom. The van der Waals surface area contributed by atoms with Crippen molar-refractivity contribution in [3.63, 3.8) is 0 Å². The average Bonchev–Trinajstić information content (AvgIpc) is 3.47. The molecule has 0 bridgehead atoms. The van der Waals surface area contributed by atoms with Crippen LogP contribution in [0.2, 0.25) is 0 Å². The minimum absolute atomic E-state index is 0.0270. The number of carbonyl (C=O) groups excluding carboxylic acids is 2. The molecule has 8 nitrogen and oxygen atoms in total. The molecule has 0 unspecified atom stereocenters. The van der Waals surface area contributed by atoms with Crippen molar-refractivity contribution in [3.8, 4) is 0 Å². The summed E-state index contributed by atoms with van der Waals surface area (Å²) in [4.78, 5) is 39.1. The molecule has 2 aliphatic heterocycles. The molecule has 2 aromatic heterocycles. The Balaban J connectivity index is 1.63. The van der Waals surface area contributed by atoms with Gasteiger partial charge in [-0.05, 0) is 27.2 Å². The van der Waals surface area contributed by atoms with Gasteiger partial charge in [-0.3, -0.25) is 9.59 Å². The number of likely N-dealkylation sites (tertiary alicyclic amines) is 2. The first-order chi connectivity index (χ1) is 14.3. The maximum atomic E-state index is 13.7. The van der Waals surface area contributed by atoms with Crippen LogP contribution in [0, 0.1) is 12.3 Å². The monoisotopic (exact) mass is 431 g/mol. The van der Waals surface area contributed by atoms with Gasteiger partial charge in [-0.1, -0.05) is 0 Å². The van der Waals surface area contributed by atoms with Crippen molar-refractivity contribution in [2.24, 2.45) is 5.41 Å². The maximum Gasteiger partial charge on any atom is 0.248 e. The van der Waals surface area contributed by atoms with E-state index in [-0.39, 0.29) is 24.3 Å². The van der Waals surface area contributed by atoms with E-state index in [4.69, 9.17) is 4.74 Å². The zero-order valence-electron chi connectivity index (χ0n) is 18.0. The zero-order chi connectivity index (χ0) is 21.5. The second kappa shape index (κ2) is 8.11. The van der Waals surface area contributed by atoms with E-state index >= 15 is 0 Å². The Hall–Kier alpha value is -2.26. The van der Waals surface area contributed by atoms with Gasteiger partial charge in [0.15, 0.2) is 0 Å². The van der Waals surface area contributed by atoms with Crippen LogP contribution in [0.5, 0.6) is 0 Å². The lowest BCUT2D eigenvalue weighted by molar-refractivity contribution is -0.138. The van der Waals surface area contributed by atoms with E-state index in [1.165, 1.54) is 7.11 Å². The Morgan fingerprint density at radius 1 is 1.43 bits per heavy atom. The lowest BCUT2D eigenvalue weighted by Gasteiger charge is -2.27. The first-order valence-electron chi connectivity index (χ1n) is 10.3. The molecule has 162 valence electrons. The molecule has 0 N–H and O–H groups in total. The molecule has 2 amide bonds. The summed E-state index contributed by atoms with van der Waals surface area (Å²) < 4.78 is 7.11. The van der Waals surface area contributed by atoms with E-state index in [0.717, 1.165) is 16.4 Å². The van der Waals surface area contributed by atoms with Crippen molar-refractivity contribution < 1.29 is 14.3 Å². The predicted molar refractivity (Wildman–Crippen MR) is 113 cm³/mol. The number of ether oxygens (including phenoxy) is 1. The van der Waals surface area contributed by atoms with E-state index in [2.05, 4.69) is 28.4 Å². The number of methoxy groups -OCH3 is 1. The van der Waals surface area contributed by atoms with E-state index < -0.39 is 5.41 Å². The molecule has 0 aromatic carbocycles. The minimum Gasteiger partial charge on any atom is -0.375 e. The van der Waals surface area contributed by atoms with Crippen LogP contribution in [0.25, 0.3) is 0 Å². The summed E-state index contributed by atoms with van der Waals surface area (Å²) >= 11 is 1.60. The second-order valence-electron chi connectivity index (χ2n) is 8.59. The Morgan fingerprint density at radius 3 is 2.87 bits per heavy atom. The van der Waals surface area contributed by atoms with Gasteiger partial charge < -0.3 is 19.1 Å². The molecule has 0 radical (unpaired) electrons. The number of nitrogens with zero attached hydrogens (tertiary/aromatic N) is 5. The molecule has 2 aromatic rings. The summed E-state index contributed by atoms with van der Waals surface area (Å²) in [6, 6.07) is 0.290. The van der Waals surface area contributed by atoms with Crippen molar-refractivity contribution in [1.82, 2.24) is 24.3 Å². The summed E-state index contributed by atoms with van der Waals surface area (Å²) in [5.41, 5.74) is 1.18. The largest absolute Gasteiger partial charge is 0.375 e. The summed E-state index contributed by atoms with van der Waals surface area (Å²) in [6.45, 7) is 8.29. The summed E-state index contributed by atoms with van der Waals surface area (Å²) in [5, 5.41) is 3.01. The molecule has 2 aliphatic rings. The molecule has 0 saturated carbocycles. The van der Waals surface area contributed by atoms with Gasteiger partial charge in [0, 0.05) is 50.3 Å². The van der Waals surface area contributed by atoms with Crippen LogP contribution in [0.4, 0.5) is 0 Å². The van der Waals surface area contributed by atoms with Crippen LogP contribution >= 0.6 is 11.3 Å². The lowest BCUT2D eigenvalue weighted by atomic mass is 9.75. The topological polar surface area (TPSA) is 80.6 Å². The second-order valence-corrected chi connectivity index (χ2v) is 9.65. The van der Waals surface area contributed by atoms with Gasteiger partial charge in [0.1, 0.15) is 6.61 Å². The van der Waals surface area contributed by atoms with Crippen LogP contribution < -0.4 is 0 Å². The normalized spacial score (nSPS) is 24.0. The first-order valence-corrected chi connectivity index (χ1v) is 11.2. The third-order valence-electron chi connectivity index (χ3n) is 6.30. The Labute approximate surface area is 180 Å². The number of aromatic nitrogens is 3. The van der Waals surface area contributed by atoms with Crippen molar-refractivity contribution >= 4 is 23.2 Å². The van der Waals surface area contributed by atoms with Crippen LogP contribution in [0.1, 0.15) is 48.6 Å². The van der Waals surface area contributed by atoms with Gasteiger partial charge in [0.25, 0.3) is 0 Å². The third kappa shape index (κ3) is 3.65. The van der Waals surface area contributed by atoms with E-state index in [0.29, 0.717) is 38.6 Å². The predicted octanol–water partition coefficient (Wildman–Crippen LogP) is 2.22. The van der Waals surface area contributed by atoms with Crippen molar-refractivity contribution in [2.45, 2.75) is 45.7 Å². The molecular formula is C21H29N5O3S. The number of amides is 2. The highest BCUT2D eigenvalue weighted by molar-refractivity contribution is 7.09. The highest BCUT2D eigenvalue weighted by Crippen LogP contribution is 2.50. The third-order valence-corrected chi connectivity index (χ3v) is 7.12. The van der Waals surface area contributed by atoms with Crippen molar-refractivity contribution in [3.05, 3.63) is 34.3 Å². The molecule has 30 heavy (non-hydrogen) atoms. The molecule has 2 saturated heterocycles. The van der Waals surface area contributed by atoms with E-state index in [1.807, 2.05) is 29.7 Å². The quantitative estimate of drug-likeness (QED) is 0.701. The van der Waals surface area contributed by atoms with E-state index in [9.17, 15) is 9.59 Å². The summed E-state index contributed by atoms with van der Waals surface area (Å²) in [7, 11) is 1.52. The molecular weight excluding hydrogens is 402 g/mol. The minimum atomic E-state index is -0.634. The van der Waals surface area contributed by atoms with Gasteiger partial charge in [-0.25, -0.2) is 9.97 Å². The standard InChI is InChI=1S/C21H29N5O3S/c1-14(2)26-9-18(22-13-26)17-8-25(19(27)10-29-4)12-21(17)5-6-24(20(21)28)7-16-11-30-15(3)23-16/h9,11,13-14,17H,5-8,10,12H2,1-4H3/t17-,21-/m1/s1. The summed E-state index contributed by atoms with van der Waals surface area (Å²) in [6.07, 6.45) is 4.56. The number of carbonyl (C=O) groups is 2. The number of thiazole rings is 1. The smallest absolute Gasteiger partial charge is 0.248 e. The summed E-state index contributed by atoms with van der Waals surface area (Å²) in [5.74, 6) is -0.0954. The number of imidazole rings is 1. The molecule has 9 heteroatoms. The molecule has 2 atom stereocenters. The van der Waals surface area contributed by atoms with Gasteiger partial charge in [-0.2, -0.15) is 0 Å². The fourth-order valence-electron chi connectivity index (χ4n) is 4.66. The van der Waals surface area contributed by atoms with Crippen LogP contribution in [-0.2, 0) is 20.9 Å². The van der Waals surface area contributed by atoms with E-state index in [1.54, 1.807) is 16.2 Å². The highest BCUT2D eigenvalue weighted by Gasteiger charge is 2.58.